The van der Waals surface area contributed by atoms with E-state index < -0.39 is 11.7 Å². The molecule has 0 heterocycles. The van der Waals surface area contributed by atoms with Gasteiger partial charge in [-0.2, -0.15) is 13.2 Å². The van der Waals surface area contributed by atoms with Gasteiger partial charge >= 0.3 is 6.18 Å². The molecule has 0 saturated heterocycles. The summed E-state index contributed by atoms with van der Waals surface area (Å²) in [4.78, 5) is 5.21. The van der Waals surface area contributed by atoms with E-state index in [2.05, 4.69) is 5.16 Å². The Kier molecular flexibility index (Phi) is 6.13. The van der Waals surface area contributed by atoms with E-state index in [1.807, 2.05) is 0 Å². The van der Waals surface area contributed by atoms with Crippen LogP contribution in [0.4, 0.5) is 13.2 Å². The maximum Gasteiger partial charge on any atom is 0.417 e. The number of nitrogens with zero attached hydrogens (tertiary/aromatic N) is 1. The summed E-state index contributed by atoms with van der Waals surface area (Å²) in [5.74, 6) is 0. The van der Waals surface area contributed by atoms with Crippen molar-refractivity contribution in [1.82, 2.24) is 0 Å². The zero-order valence-corrected chi connectivity index (χ0v) is 14.2. The summed E-state index contributed by atoms with van der Waals surface area (Å²) in [6.45, 7) is 1.80. The summed E-state index contributed by atoms with van der Waals surface area (Å²) in [5, 5.41) is 4.62. The molecule has 2 nitrogen and oxygen atoms in total. The molecule has 0 amide bonds. The van der Waals surface area contributed by atoms with Crippen LogP contribution in [0.15, 0.2) is 47.6 Å². The van der Waals surface area contributed by atoms with Crippen LogP contribution in [-0.2, 0) is 17.6 Å². The van der Waals surface area contributed by atoms with Gasteiger partial charge in [0.05, 0.1) is 11.3 Å². The average molecular weight is 376 g/mol. The molecular weight excluding hydrogens is 362 g/mol. The fourth-order valence-electron chi connectivity index (χ4n) is 2.12. The summed E-state index contributed by atoms with van der Waals surface area (Å²) in [6, 6.07) is 10.3. The quantitative estimate of drug-likeness (QED) is 0.441. The van der Waals surface area contributed by atoms with E-state index in [1.54, 1.807) is 31.2 Å². The number of benzene rings is 2. The zero-order chi connectivity index (χ0) is 17.7. The Hall–Kier alpha value is -1.72. The number of hydrogen-bond donors (Lipinski definition) is 0. The molecule has 0 N–H and O–H groups in total. The van der Waals surface area contributed by atoms with E-state index in [-0.39, 0.29) is 29.3 Å². The first kappa shape index (κ1) is 18.6. The fraction of sp³-hybridized carbons (Fsp3) is 0.235. The fourth-order valence-corrected chi connectivity index (χ4v) is 2.50. The Morgan fingerprint density at radius 3 is 2.42 bits per heavy atom. The highest BCUT2D eigenvalue weighted by Crippen LogP contribution is 2.34. The van der Waals surface area contributed by atoms with Gasteiger partial charge in [0.1, 0.15) is 6.61 Å². The van der Waals surface area contributed by atoms with Gasteiger partial charge < -0.3 is 4.84 Å². The van der Waals surface area contributed by atoms with Crippen LogP contribution in [0.25, 0.3) is 0 Å². The van der Waals surface area contributed by atoms with E-state index >= 15 is 0 Å². The lowest BCUT2D eigenvalue weighted by Crippen LogP contribution is -2.13. The molecule has 0 aliphatic carbocycles. The summed E-state index contributed by atoms with van der Waals surface area (Å²) < 4.78 is 39.5. The second kappa shape index (κ2) is 7.90. The van der Waals surface area contributed by atoms with Gasteiger partial charge in [-0.15, -0.1) is 0 Å². The van der Waals surface area contributed by atoms with Crippen molar-refractivity contribution in [2.75, 3.05) is 0 Å². The van der Waals surface area contributed by atoms with E-state index in [0.717, 1.165) is 11.6 Å². The Morgan fingerprint density at radius 2 is 1.79 bits per heavy atom. The minimum atomic E-state index is -4.50. The lowest BCUT2D eigenvalue weighted by molar-refractivity contribution is -0.137. The first-order chi connectivity index (χ1) is 11.3. The molecular formula is C17H14Cl2F3NO. The van der Waals surface area contributed by atoms with Crippen LogP contribution in [0.2, 0.25) is 10.0 Å². The molecule has 2 rings (SSSR count). The van der Waals surface area contributed by atoms with Crippen molar-refractivity contribution in [3.8, 4) is 0 Å². The van der Waals surface area contributed by atoms with E-state index in [4.69, 9.17) is 28.0 Å². The van der Waals surface area contributed by atoms with Crippen LogP contribution in [0.5, 0.6) is 0 Å². The first-order valence-electron chi connectivity index (χ1n) is 7.11. The molecule has 0 radical (unpaired) electrons. The predicted octanol–water partition coefficient (Wildman–Crippen LogP) is 6.34. The molecule has 0 bridgehead atoms. The molecule has 2 aromatic rings. The Bertz CT molecular complexity index is 745. The average Bonchev–Trinajstić information content (AvgIpc) is 2.50. The van der Waals surface area contributed by atoms with E-state index in [1.165, 1.54) is 12.1 Å². The first-order valence-corrected chi connectivity index (χ1v) is 7.87. The van der Waals surface area contributed by atoms with Crippen molar-refractivity contribution in [3.63, 3.8) is 0 Å². The summed E-state index contributed by atoms with van der Waals surface area (Å²) in [6.07, 6.45) is -4.23. The van der Waals surface area contributed by atoms with Crippen LogP contribution in [-0.4, -0.2) is 5.71 Å². The third-order valence-corrected chi connectivity index (χ3v) is 3.70. The second-order valence-electron chi connectivity index (χ2n) is 4.98. The molecule has 0 fully saturated rings. The van der Waals surface area contributed by atoms with Crippen LogP contribution >= 0.6 is 23.2 Å². The lowest BCUT2D eigenvalue weighted by Gasteiger charge is -2.14. The third-order valence-electron chi connectivity index (χ3n) is 3.23. The Balaban J connectivity index is 2.26. The largest absolute Gasteiger partial charge is 0.417 e. The predicted molar refractivity (Wildman–Crippen MR) is 89.5 cm³/mol. The maximum atomic E-state index is 13.2. The van der Waals surface area contributed by atoms with Gasteiger partial charge in [-0.3, -0.25) is 0 Å². The molecule has 0 aliphatic rings. The van der Waals surface area contributed by atoms with E-state index in [9.17, 15) is 13.2 Å². The molecule has 7 heteroatoms. The highest BCUT2D eigenvalue weighted by Gasteiger charge is 2.34. The highest BCUT2D eigenvalue weighted by atomic mass is 35.5. The number of oxime groups is 1. The van der Waals surface area contributed by atoms with Crippen molar-refractivity contribution in [2.45, 2.75) is 26.1 Å². The topological polar surface area (TPSA) is 21.6 Å². The lowest BCUT2D eigenvalue weighted by atomic mass is 10.0. The monoisotopic (exact) mass is 375 g/mol. The Labute approximate surface area is 147 Å². The molecule has 0 atom stereocenters. The van der Waals surface area contributed by atoms with Crippen molar-refractivity contribution in [3.05, 3.63) is 69.2 Å². The third kappa shape index (κ3) is 4.89. The van der Waals surface area contributed by atoms with Gasteiger partial charge in [0.15, 0.2) is 0 Å². The number of alkyl halides is 3. The molecule has 128 valence electrons. The van der Waals surface area contributed by atoms with Crippen LogP contribution < -0.4 is 0 Å². The van der Waals surface area contributed by atoms with E-state index in [0.29, 0.717) is 5.02 Å². The van der Waals surface area contributed by atoms with Crippen molar-refractivity contribution in [2.24, 2.45) is 5.16 Å². The molecule has 0 unspecified atom stereocenters. The van der Waals surface area contributed by atoms with Gasteiger partial charge in [0.2, 0.25) is 0 Å². The molecule has 0 aromatic heterocycles. The summed E-state index contributed by atoms with van der Waals surface area (Å²) in [7, 11) is 0. The highest BCUT2D eigenvalue weighted by molar-refractivity contribution is 6.31. The van der Waals surface area contributed by atoms with Gasteiger partial charge in [-0.25, -0.2) is 0 Å². The van der Waals surface area contributed by atoms with Gasteiger partial charge in [0, 0.05) is 15.6 Å². The number of halogens is 5. The molecule has 2 aromatic carbocycles. The van der Waals surface area contributed by atoms with Gasteiger partial charge in [0.25, 0.3) is 0 Å². The van der Waals surface area contributed by atoms with Crippen LogP contribution in [0.1, 0.15) is 30.0 Å². The van der Waals surface area contributed by atoms with Crippen LogP contribution in [0, 0.1) is 0 Å². The van der Waals surface area contributed by atoms with Crippen LogP contribution in [0.3, 0.4) is 0 Å². The Morgan fingerprint density at radius 1 is 1.08 bits per heavy atom. The zero-order valence-electron chi connectivity index (χ0n) is 12.7. The van der Waals surface area contributed by atoms with Crippen molar-refractivity contribution in [1.29, 1.82) is 0 Å². The minimum Gasteiger partial charge on any atom is -0.391 e. The number of hydrogen-bond acceptors (Lipinski definition) is 2. The van der Waals surface area contributed by atoms with Gasteiger partial charge in [-0.1, -0.05) is 47.4 Å². The smallest absolute Gasteiger partial charge is 0.391 e. The normalized spacial score (nSPS) is 12.3. The number of rotatable bonds is 5. The van der Waals surface area contributed by atoms with Crippen molar-refractivity contribution >= 4 is 28.9 Å². The second-order valence-corrected chi connectivity index (χ2v) is 5.86. The maximum absolute atomic E-state index is 13.2. The van der Waals surface area contributed by atoms with Crippen molar-refractivity contribution < 1.29 is 18.0 Å². The molecule has 0 saturated carbocycles. The standard InChI is InChI=1S/C17H14Cl2F3NO/c1-2-16(23-24-10-11-4-3-5-12(18)8-11)14-9-13(19)6-7-15(14)17(20,21)22/h3-9H,2,10H2,1H3. The molecule has 24 heavy (non-hydrogen) atoms. The SMILES string of the molecule is CCC(=NOCc1cccc(Cl)c1)c1cc(Cl)ccc1C(F)(F)F. The summed E-state index contributed by atoms with van der Waals surface area (Å²) in [5.41, 5.74) is 0.0677. The minimum absolute atomic E-state index is 0.0800. The molecule has 0 aliphatic heterocycles. The summed E-state index contributed by atoms with van der Waals surface area (Å²) >= 11 is 11.7. The van der Waals surface area contributed by atoms with Gasteiger partial charge in [-0.05, 0) is 42.3 Å². The molecule has 0 spiro atoms.